The Kier molecular flexibility index (Phi) is 4.48. The Bertz CT molecular complexity index is 887. The van der Waals surface area contributed by atoms with E-state index in [0.29, 0.717) is 18.0 Å². The molecule has 138 valence electrons. The zero-order valence-electron chi connectivity index (χ0n) is 15.8. The van der Waals surface area contributed by atoms with Crippen LogP contribution in [-0.2, 0) is 22.7 Å². The molecule has 0 saturated carbocycles. The van der Waals surface area contributed by atoms with Gasteiger partial charge in [-0.05, 0) is 52.3 Å². The molecule has 0 saturated heterocycles. The number of carbonyl (C=O) groups excluding carboxylic acids is 2. The average molecular weight is 356 g/mol. The summed E-state index contributed by atoms with van der Waals surface area (Å²) in [6.07, 6.45) is 0. The number of rotatable bonds is 4. The molecule has 2 N–H and O–H groups in total. The first kappa shape index (κ1) is 18.0. The van der Waals surface area contributed by atoms with Crippen LogP contribution in [0.4, 0.5) is 5.69 Å². The second kappa shape index (κ2) is 6.48. The molecule has 26 heavy (non-hydrogen) atoms. The van der Waals surface area contributed by atoms with Gasteiger partial charge >= 0.3 is 0 Å². The van der Waals surface area contributed by atoms with Crippen LogP contribution in [0.2, 0.25) is 0 Å². The summed E-state index contributed by atoms with van der Waals surface area (Å²) < 4.78 is 7.67. The van der Waals surface area contributed by atoms with E-state index in [4.69, 9.17) is 4.74 Å². The molecule has 2 heterocycles. The van der Waals surface area contributed by atoms with Crippen LogP contribution in [0.3, 0.4) is 0 Å². The molecule has 1 aromatic carbocycles. The lowest BCUT2D eigenvalue weighted by Gasteiger charge is -2.33. The minimum absolute atomic E-state index is 0.295. The highest BCUT2D eigenvalue weighted by Crippen LogP contribution is 2.34. The molecule has 1 aliphatic heterocycles. The van der Waals surface area contributed by atoms with Crippen LogP contribution in [0.25, 0.3) is 0 Å². The van der Waals surface area contributed by atoms with Crippen LogP contribution in [-0.4, -0.2) is 27.2 Å². The lowest BCUT2D eigenvalue weighted by molar-refractivity contribution is -0.146. The first-order valence-electron chi connectivity index (χ1n) is 8.68. The molecule has 1 unspecified atom stereocenters. The molecule has 7 heteroatoms. The average Bonchev–Trinajstić information content (AvgIpc) is 2.87. The number of amides is 2. The highest BCUT2D eigenvalue weighted by molar-refractivity contribution is 6.15. The van der Waals surface area contributed by atoms with Gasteiger partial charge in [0, 0.05) is 24.3 Å². The van der Waals surface area contributed by atoms with Crippen molar-refractivity contribution in [2.45, 2.75) is 53.3 Å². The second-order valence-electron chi connectivity index (χ2n) is 6.74. The molecule has 0 fully saturated rings. The van der Waals surface area contributed by atoms with E-state index in [1.54, 1.807) is 6.07 Å². The van der Waals surface area contributed by atoms with Gasteiger partial charge in [-0.1, -0.05) is 6.07 Å². The molecule has 0 bridgehead atoms. The largest absolute Gasteiger partial charge is 0.466 e. The summed E-state index contributed by atoms with van der Waals surface area (Å²) in [6, 6.07) is 5.45. The summed E-state index contributed by atoms with van der Waals surface area (Å²) in [4.78, 5) is 25.3. The van der Waals surface area contributed by atoms with Crippen LogP contribution < -0.4 is 15.4 Å². The third-order valence-corrected chi connectivity index (χ3v) is 4.82. The molecule has 0 radical (unpaired) electrons. The third-order valence-electron chi connectivity index (χ3n) is 4.82. The Hall–Kier alpha value is -2.83. The van der Waals surface area contributed by atoms with Gasteiger partial charge in [-0.2, -0.15) is 5.10 Å². The molecular weight excluding hydrogens is 332 g/mol. The number of fused-ring (bicyclic) bond motifs is 1. The van der Waals surface area contributed by atoms with Crippen molar-refractivity contribution >= 4 is 17.5 Å². The van der Waals surface area contributed by atoms with Crippen molar-refractivity contribution in [1.82, 2.24) is 15.1 Å². The van der Waals surface area contributed by atoms with Crippen molar-refractivity contribution in [3.63, 3.8) is 0 Å². The van der Waals surface area contributed by atoms with Crippen molar-refractivity contribution in [3.8, 4) is 5.75 Å². The van der Waals surface area contributed by atoms with Gasteiger partial charge in [-0.25, -0.2) is 0 Å². The van der Waals surface area contributed by atoms with Crippen molar-refractivity contribution in [3.05, 3.63) is 40.7 Å². The molecule has 7 nitrogen and oxygen atoms in total. The van der Waals surface area contributed by atoms with Gasteiger partial charge < -0.3 is 15.4 Å². The Labute approximate surface area is 152 Å². The van der Waals surface area contributed by atoms with Crippen molar-refractivity contribution < 1.29 is 14.3 Å². The van der Waals surface area contributed by atoms with Crippen LogP contribution in [0, 0.1) is 20.8 Å². The molecule has 1 aliphatic rings. The third kappa shape index (κ3) is 2.94. The molecule has 2 aromatic rings. The number of aryl methyl sites for hydroxylation is 3. The number of ether oxygens (including phenoxy) is 1. The van der Waals surface area contributed by atoms with E-state index in [1.165, 1.54) is 6.92 Å². The van der Waals surface area contributed by atoms with Crippen LogP contribution >= 0.6 is 0 Å². The molecule has 1 atom stereocenters. The molecular formula is C19H24N4O3. The van der Waals surface area contributed by atoms with E-state index in [0.717, 1.165) is 29.1 Å². The smallest absolute Gasteiger partial charge is 0.278 e. The number of nitrogens with one attached hydrogen (secondary N) is 2. The number of hydrogen-bond acceptors (Lipinski definition) is 4. The highest BCUT2D eigenvalue weighted by Gasteiger charge is 2.47. The van der Waals surface area contributed by atoms with E-state index in [9.17, 15) is 9.59 Å². The lowest BCUT2D eigenvalue weighted by Crippen LogP contribution is -2.58. The first-order chi connectivity index (χ1) is 12.3. The molecule has 0 aliphatic carbocycles. The zero-order valence-corrected chi connectivity index (χ0v) is 15.8. The van der Waals surface area contributed by atoms with Crippen LogP contribution in [0.5, 0.6) is 5.75 Å². The van der Waals surface area contributed by atoms with Crippen LogP contribution in [0.15, 0.2) is 18.2 Å². The number of aromatic nitrogens is 2. The summed E-state index contributed by atoms with van der Waals surface area (Å²) in [6.45, 7) is 10.4. The van der Waals surface area contributed by atoms with Crippen LogP contribution in [0.1, 0.15) is 36.4 Å². The summed E-state index contributed by atoms with van der Waals surface area (Å²) in [5.41, 5.74) is 2.78. The van der Waals surface area contributed by atoms with Gasteiger partial charge in [0.1, 0.15) is 5.75 Å². The fourth-order valence-corrected chi connectivity index (χ4v) is 3.12. The van der Waals surface area contributed by atoms with E-state index in [2.05, 4.69) is 15.7 Å². The fraction of sp³-hybridized carbons (Fsp3) is 0.421. The Morgan fingerprint density at radius 2 is 2.08 bits per heavy atom. The SMILES string of the molecule is CCn1nc(C)c(CNC(=O)C2(C)Oc3ccc(C)cc3NC2=O)c1C. The minimum Gasteiger partial charge on any atom is -0.466 e. The maximum atomic E-state index is 12.8. The number of hydrogen-bond donors (Lipinski definition) is 2. The summed E-state index contributed by atoms with van der Waals surface area (Å²) in [5.74, 6) is -0.478. The van der Waals surface area contributed by atoms with Crippen molar-refractivity contribution in [1.29, 1.82) is 0 Å². The quantitative estimate of drug-likeness (QED) is 0.823. The van der Waals surface area contributed by atoms with E-state index >= 15 is 0 Å². The Balaban J connectivity index is 1.78. The summed E-state index contributed by atoms with van der Waals surface area (Å²) >= 11 is 0. The summed E-state index contributed by atoms with van der Waals surface area (Å²) in [5, 5.41) is 10.0. The molecule has 1 aromatic heterocycles. The normalized spacial score (nSPS) is 18.7. The number of nitrogens with zero attached hydrogens (tertiary/aromatic N) is 2. The topological polar surface area (TPSA) is 85.2 Å². The van der Waals surface area contributed by atoms with Crippen molar-refractivity contribution in [2.24, 2.45) is 0 Å². The lowest BCUT2D eigenvalue weighted by atomic mass is 10.0. The maximum absolute atomic E-state index is 12.8. The Morgan fingerprint density at radius 3 is 2.73 bits per heavy atom. The van der Waals surface area contributed by atoms with E-state index in [-0.39, 0.29) is 0 Å². The fourth-order valence-electron chi connectivity index (χ4n) is 3.12. The molecule has 0 spiro atoms. The van der Waals surface area contributed by atoms with E-state index in [1.807, 2.05) is 44.5 Å². The molecule has 2 amide bonds. The van der Waals surface area contributed by atoms with Gasteiger partial charge in [0.25, 0.3) is 17.4 Å². The second-order valence-corrected chi connectivity index (χ2v) is 6.74. The predicted octanol–water partition coefficient (Wildman–Crippen LogP) is 2.23. The van der Waals surface area contributed by atoms with E-state index < -0.39 is 17.4 Å². The number of benzene rings is 1. The van der Waals surface area contributed by atoms with Gasteiger partial charge in [0.15, 0.2) is 0 Å². The number of anilines is 1. The van der Waals surface area contributed by atoms with Gasteiger partial charge in [0.2, 0.25) is 0 Å². The monoisotopic (exact) mass is 356 g/mol. The highest BCUT2D eigenvalue weighted by atomic mass is 16.5. The van der Waals surface area contributed by atoms with Gasteiger partial charge in [0.05, 0.1) is 11.4 Å². The first-order valence-corrected chi connectivity index (χ1v) is 8.68. The predicted molar refractivity (Wildman–Crippen MR) is 98.1 cm³/mol. The number of carbonyl (C=O) groups is 2. The van der Waals surface area contributed by atoms with Gasteiger partial charge in [-0.3, -0.25) is 14.3 Å². The zero-order chi connectivity index (χ0) is 19.1. The van der Waals surface area contributed by atoms with Gasteiger partial charge in [-0.15, -0.1) is 0 Å². The standard InChI is InChI=1S/C19H24N4O3/c1-6-23-13(4)14(12(3)22-23)10-20-17(24)19(5)18(25)21-15-9-11(2)7-8-16(15)26-19/h7-9H,6,10H2,1-5H3,(H,20,24)(H,21,25). The Morgan fingerprint density at radius 1 is 1.35 bits per heavy atom. The summed E-state index contributed by atoms with van der Waals surface area (Å²) in [7, 11) is 0. The maximum Gasteiger partial charge on any atom is 0.278 e. The van der Waals surface area contributed by atoms with Crippen molar-refractivity contribution in [2.75, 3.05) is 5.32 Å². The molecule has 3 rings (SSSR count). The minimum atomic E-state index is -1.62.